The summed E-state index contributed by atoms with van der Waals surface area (Å²) in [6.45, 7) is 1.13. The van der Waals surface area contributed by atoms with Gasteiger partial charge in [0.15, 0.2) is 11.6 Å². The monoisotopic (exact) mass is 426 g/mol. The van der Waals surface area contributed by atoms with Crippen LogP contribution in [0.5, 0.6) is 0 Å². The lowest BCUT2D eigenvalue weighted by Gasteiger charge is -2.27. The average molecular weight is 427 g/mol. The molecule has 1 saturated heterocycles. The SMILES string of the molecule is CN(C)CC1(O)CCN(c2nc3c(cc2F)c(=O)c(C(=O)O)cn3C2CC2)C1.Cl. The Hall–Kier alpha value is -2.23. The maximum absolute atomic E-state index is 14.9. The molecule has 2 aromatic rings. The van der Waals surface area contributed by atoms with Gasteiger partial charge in [-0.1, -0.05) is 0 Å². The number of carboxylic acid groups (broad SMARTS) is 1. The van der Waals surface area contributed by atoms with E-state index in [1.807, 2.05) is 19.0 Å². The Morgan fingerprint density at radius 1 is 1.41 bits per heavy atom. The van der Waals surface area contributed by atoms with Crippen molar-refractivity contribution >= 4 is 35.2 Å². The number of hydrogen-bond acceptors (Lipinski definition) is 6. The molecule has 29 heavy (non-hydrogen) atoms. The number of fused-ring (bicyclic) bond motifs is 1. The zero-order valence-corrected chi connectivity index (χ0v) is 17.1. The average Bonchev–Trinajstić information content (AvgIpc) is 3.37. The number of β-amino-alcohol motifs (C(OH)–C–C–N with tert-alkyl or cyclic N) is 1. The van der Waals surface area contributed by atoms with E-state index in [-0.39, 0.29) is 47.4 Å². The van der Waals surface area contributed by atoms with Crippen molar-refractivity contribution in [1.29, 1.82) is 0 Å². The number of likely N-dealkylation sites (N-methyl/N-ethyl adjacent to an activating group) is 1. The molecule has 8 nitrogen and oxygen atoms in total. The number of hydrogen-bond donors (Lipinski definition) is 2. The van der Waals surface area contributed by atoms with Crippen molar-refractivity contribution in [3.8, 4) is 0 Å². The summed E-state index contributed by atoms with van der Waals surface area (Å²) in [6, 6.07) is 1.14. The summed E-state index contributed by atoms with van der Waals surface area (Å²) < 4.78 is 16.5. The summed E-state index contributed by atoms with van der Waals surface area (Å²) in [4.78, 5) is 31.9. The van der Waals surface area contributed by atoms with Crippen LogP contribution in [0, 0.1) is 5.82 Å². The zero-order valence-electron chi connectivity index (χ0n) is 16.3. The van der Waals surface area contributed by atoms with Gasteiger partial charge in [-0.25, -0.2) is 14.2 Å². The number of nitrogens with zero attached hydrogens (tertiary/aromatic N) is 4. The van der Waals surface area contributed by atoms with Gasteiger partial charge in [0.05, 0.1) is 11.0 Å². The lowest BCUT2D eigenvalue weighted by Crippen LogP contribution is -2.42. The molecule has 2 aromatic heterocycles. The Morgan fingerprint density at radius 3 is 2.69 bits per heavy atom. The highest BCUT2D eigenvalue weighted by molar-refractivity contribution is 5.92. The second-order valence-corrected chi connectivity index (χ2v) is 8.11. The third-order valence-electron chi connectivity index (χ3n) is 5.35. The summed E-state index contributed by atoms with van der Waals surface area (Å²) in [7, 11) is 3.73. The number of aromatic nitrogens is 2. The third-order valence-corrected chi connectivity index (χ3v) is 5.35. The van der Waals surface area contributed by atoms with E-state index < -0.39 is 22.8 Å². The Balaban J connectivity index is 0.00000240. The van der Waals surface area contributed by atoms with Gasteiger partial charge in [0.1, 0.15) is 11.2 Å². The van der Waals surface area contributed by atoms with Gasteiger partial charge in [0.2, 0.25) is 5.43 Å². The van der Waals surface area contributed by atoms with Gasteiger partial charge >= 0.3 is 5.97 Å². The van der Waals surface area contributed by atoms with Crippen molar-refractivity contribution in [1.82, 2.24) is 14.5 Å². The second-order valence-electron chi connectivity index (χ2n) is 8.11. The number of halogens is 2. The molecule has 1 saturated carbocycles. The molecule has 2 aliphatic rings. The predicted molar refractivity (Wildman–Crippen MR) is 109 cm³/mol. The number of aliphatic hydroxyl groups is 1. The highest BCUT2D eigenvalue weighted by Gasteiger charge is 2.38. The first kappa shape index (κ1) is 21.5. The second kappa shape index (κ2) is 7.55. The van der Waals surface area contributed by atoms with E-state index in [0.717, 1.165) is 18.9 Å². The van der Waals surface area contributed by atoms with Crippen LogP contribution in [0.3, 0.4) is 0 Å². The van der Waals surface area contributed by atoms with Crippen LogP contribution in [-0.4, -0.2) is 70.0 Å². The molecule has 1 aliphatic carbocycles. The first-order chi connectivity index (χ1) is 13.2. The molecule has 0 amide bonds. The van der Waals surface area contributed by atoms with E-state index >= 15 is 0 Å². The van der Waals surface area contributed by atoms with Crippen molar-refractivity contribution in [3.05, 3.63) is 33.9 Å². The largest absolute Gasteiger partial charge is 0.477 e. The maximum Gasteiger partial charge on any atom is 0.341 e. The Labute approximate surface area is 173 Å². The van der Waals surface area contributed by atoms with E-state index in [9.17, 15) is 24.2 Å². The van der Waals surface area contributed by atoms with Crippen molar-refractivity contribution in [2.45, 2.75) is 30.9 Å². The highest BCUT2D eigenvalue weighted by Crippen LogP contribution is 2.37. The number of rotatable bonds is 5. The summed E-state index contributed by atoms with van der Waals surface area (Å²) in [6.07, 6.45) is 3.51. The van der Waals surface area contributed by atoms with E-state index in [1.54, 1.807) is 9.47 Å². The van der Waals surface area contributed by atoms with E-state index in [2.05, 4.69) is 4.98 Å². The molecule has 0 radical (unpaired) electrons. The first-order valence-electron chi connectivity index (χ1n) is 9.29. The molecule has 2 N–H and O–H groups in total. The minimum Gasteiger partial charge on any atom is -0.477 e. The number of carbonyl (C=O) groups is 1. The van der Waals surface area contributed by atoms with Crippen LogP contribution in [0.1, 0.15) is 35.7 Å². The fourth-order valence-electron chi connectivity index (χ4n) is 4.00. The Kier molecular flexibility index (Phi) is 5.59. The molecule has 158 valence electrons. The number of carboxylic acids is 1. The van der Waals surface area contributed by atoms with Crippen molar-refractivity contribution < 1.29 is 19.4 Å². The molecule has 2 fully saturated rings. The fraction of sp³-hybridized carbons (Fsp3) is 0.526. The molecular weight excluding hydrogens is 403 g/mol. The lowest BCUT2D eigenvalue weighted by molar-refractivity contribution is 0.0365. The Bertz CT molecular complexity index is 1020. The minimum absolute atomic E-state index is 0. The quantitative estimate of drug-likeness (QED) is 0.747. The molecule has 4 rings (SSSR count). The summed E-state index contributed by atoms with van der Waals surface area (Å²) >= 11 is 0. The van der Waals surface area contributed by atoms with Crippen molar-refractivity contribution in [2.24, 2.45) is 0 Å². The van der Waals surface area contributed by atoms with Gasteiger partial charge in [-0.3, -0.25) is 4.79 Å². The zero-order chi connectivity index (χ0) is 20.2. The predicted octanol–water partition coefficient (Wildman–Crippen LogP) is 1.49. The van der Waals surface area contributed by atoms with Crippen LogP contribution >= 0.6 is 12.4 Å². The molecule has 0 spiro atoms. The minimum atomic E-state index is -1.33. The van der Waals surface area contributed by atoms with Gasteiger partial charge in [-0.2, -0.15) is 0 Å². The summed E-state index contributed by atoms with van der Waals surface area (Å²) in [5, 5.41) is 20.0. The smallest absolute Gasteiger partial charge is 0.341 e. The summed E-state index contributed by atoms with van der Waals surface area (Å²) in [5.74, 6) is -1.94. The highest BCUT2D eigenvalue weighted by atomic mass is 35.5. The van der Waals surface area contributed by atoms with E-state index in [0.29, 0.717) is 19.5 Å². The molecule has 10 heteroatoms. The van der Waals surface area contributed by atoms with E-state index in [4.69, 9.17) is 0 Å². The number of aromatic carboxylic acids is 1. The molecule has 1 aliphatic heterocycles. The fourth-order valence-corrected chi connectivity index (χ4v) is 4.00. The van der Waals surface area contributed by atoms with Crippen LogP contribution in [0.2, 0.25) is 0 Å². The normalized spacial score (nSPS) is 21.6. The van der Waals surface area contributed by atoms with Crippen LogP contribution in [0.15, 0.2) is 17.1 Å². The molecule has 0 bridgehead atoms. The maximum atomic E-state index is 14.9. The standard InChI is InChI=1S/C19H23FN4O4.ClH/c1-22(2)9-19(28)5-6-23(10-19)17-14(20)7-12-15(25)13(18(26)27)8-24(11-3-4-11)16(12)21-17;/h7-8,11,28H,3-6,9-10H2,1-2H3,(H,26,27);1H. The van der Waals surface area contributed by atoms with Crippen LogP contribution in [0.25, 0.3) is 11.0 Å². The van der Waals surface area contributed by atoms with Gasteiger partial charge in [-0.05, 0) is 39.4 Å². The Morgan fingerprint density at radius 2 is 2.10 bits per heavy atom. The van der Waals surface area contributed by atoms with Crippen LogP contribution in [0.4, 0.5) is 10.2 Å². The van der Waals surface area contributed by atoms with Gasteiger partial charge in [-0.15, -0.1) is 12.4 Å². The van der Waals surface area contributed by atoms with Crippen LogP contribution < -0.4 is 10.3 Å². The van der Waals surface area contributed by atoms with Crippen molar-refractivity contribution in [3.63, 3.8) is 0 Å². The van der Waals surface area contributed by atoms with Gasteiger partial charge in [0, 0.05) is 31.9 Å². The lowest BCUT2D eigenvalue weighted by atomic mass is 10.0. The van der Waals surface area contributed by atoms with E-state index in [1.165, 1.54) is 6.20 Å². The first-order valence-corrected chi connectivity index (χ1v) is 9.29. The van der Waals surface area contributed by atoms with Gasteiger partial charge in [0.25, 0.3) is 0 Å². The molecule has 1 atom stereocenters. The van der Waals surface area contributed by atoms with Gasteiger partial charge < -0.3 is 24.6 Å². The van der Waals surface area contributed by atoms with Crippen LogP contribution in [-0.2, 0) is 0 Å². The third kappa shape index (κ3) is 3.94. The number of pyridine rings is 2. The number of anilines is 1. The molecule has 1 unspecified atom stereocenters. The molecular formula is C19H24ClFN4O4. The summed E-state index contributed by atoms with van der Waals surface area (Å²) in [5.41, 5.74) is -1.79. The topological polar surface area (TPSA) is 98.9 Å². The van der Waals surface area contributed by atoms with Crippen molar-refractivity contribution in [2.75, 3.05) is 38.6 Å². The molecule has 3 heterocycles. The molecule has 0 aromatic carbocycles.